The first-order chi connectivity index (χ1) is 6.29. The van der Waals surface area contributed by atoms with Crippen LogP contribution in [0.1, 0.15) is 25.3 Å². The second kappa shape index (κ2) is 5.25. The van der Waals surface area contributed by atoms with Gasteiger partial charge in [-0.25, -0.2) is 0 Å². The molecule has 1 aromatic heterocycles. The van der Waals surface area contributed by atoms with E-state index in [1.807, 2.05) is 10.9 Å². The third-order valence-corrected chi connectivity index (χ3v) is 2.37. The molecule has 3 nitrogen and oxygen atoms in total. The van der Waals surface area contributed by atoms with Gasteiger partial charge in [-0.1, -0.05) is 18.5 Å². The Morgan fingerprint density at radius 2 is 2.38 bits per heavy atom. The molecular weight excluding hydrogens is 186 g/mol. The van der Waals surface area contributed by atoms with Crippen molar-refractivity contribution in [2.75, 3.05) is 6.54 Å². The van der Waals surface area contributed by atoms with Crippen molar-refractivity contribution in [3.8, 4) is 0 Å². The fourth-order valence-electron chi connectivity index (χ4n) is 1.24. The monoisotopic (exact) mass is 201 g/mol. The Morgan fingerprint density at radius 3 is 3.00 bits per heavy atom. The summed E-state index contributed by atoms with van der Waals surface area (Å²) in [6.07, 6.45) is 4.79. The number of hydrogen-bond donors (Lipinski definition) is 1. The predicted octanol–water partition coefficient (Wildman–Crippen LogP) is 1.84. The van der Waals surface area contributed by atoms with Crippen molar-refractivity contribution in [3.63, 3.8) is 0 Å². The molecule has 0 fully saturated rings. The van der Waals surface area contributed by atoms with Crippen molar-refractivity contribution in [3.05, 3.63) is 16.9 Å². The Kier molecular flexibility index (Phi) is 4.25. The number of nitrogens with two attached hydrogens (primary N) is 1. The zero-order valence-electron chi connectivity index (χ0n) is 7.96. The molecule has 0 saturated heterocycles. The minimum Gasteiger partial charge on any atom is -0.330 e. The predicted molar refractivity (Wildman–Crippen MR) is 54.9 cm³/mol. The summed E-state index contributed by atoms with van der Waals surface area (Å²) in [6, 6.07) is 0. The van der Waals surface area contributed by atoms with Crippen LogP contribution >= 0.6 is 11.6 Å². The smallest absolute Gasteiger partial charge is 0.130 e. The van der Waals surface area contributed by atoms with Gasteiger partial charge in [-0.05, 0) is 25.8 Å². The first kappa shape index (κ1) is 10.5. The number of hydrogen-bond acceptors (Lipinski definition) is 2. The third-order valence-electron chi connectivity index (χ3n) is 1.93. The molecule has 0 unspecified atom stereocenters. The average Bonchev–Trinajstić information content (AvgIpc) is 2.46. The Morgan fingerprint density at radius 1 is 1.62 bits per heavy atom. The first-order valence-electron chi connectivity index (χ1n) is 4.69. The van der Waals surface area contributed by atoms with Crippen LogP contribution in [-0.2, 0) is 13.0 Å². The molecule has 0 aliphatic rings. The molecule has 0 saturated carbocycles. The van der Waals surface area contributed by atoms with Gasteiger partial charge in [0.25, 0.3) is 0 Å². The number of aromatic nitrogens is 2. The van der Waals surface area contributed by atoms with Crippen LogP contribution in [-0.4, -0.2) is 16.3 Å². The molecule has 0 radical (unpaired) electrons. The molecule has 1 rings (SSSR count). The van der Waals surface area contributed by atoms with Gasteiger partial charge >= 0.3 is 0 Å². The van der Waals surface area contributed by atoms with Crippen LogP contribution in [0.5, 0.6) is 0 Å². The lowest BCUT2D eigenvalue weighted by Crippen LogP contribution is -2.01. The van der Waals surface area contributed by atoms with Gasteiger partial charge in [-0.3, -0.25) is 4.68 Å². The molecule has 0 amide bonds. The van der Waals surface area contributed by atoms with Crippen LogP contribution in [0.25, 0.3) is 0 Å². The molecule has 1 aromatic rings. The van der Waals surface area contributed by atoms with Crippen LogP contribution in [0.2, 0.25) is 5.15 Å². The van der Waals surface area contributed by atoms with Gasteiger partial charge in [0.15, 0.2) is 0 Å². The molecular formula is C9H16ClN3. The minimum atomic E-state index is 0.704. The fraction of sp³-hybridized carbons (Fsp3) is 0.667. The topological polar surface area (TPSA) is 43.8 Å². The molecule has 74 valence electrons. The van der Waals surface area contributed by atoms with Crippen LogP contribution in [0.4, 0.5) is 0 Å². The summed E-state index contributed by atoms with van der Waals surface area (Å²) >= 11 is 6.10. The second-order valence-electron chi connectivity index (χ2n) is 3.08. The molecule has 4 heteroatoms. The summed E-state index contributed by atoms with van der Waals surface area (Å²) in [5.41, 5.74) is 6.53. The maximum absolute atomic E-state index is 6.10. The van der Waals surface area contributed by atoms with E-state index >= 15 is 0 Å². The third kappa shape index (κ3) is 2.71. The molecule has 0 atom stereocenters. The zero-order chi connectivity index (χ0) is 9.68. The Balaban J connectivity index is 2.62. The van der Waals surface area contributed by atoms with E-state index in [-0.39, 0.29) is 0 Å². The fourth-order valence-corrected chi connectivity index (χ4v) is 1.51. The Labute approximate surface area is 83.9 Å². The Hall–Kier alpha value is -0.540. The van der Waals surface area contributed by atoms with E-state index in [2.05, 4.69) is 12.0 Å². The van der Waals surface area contributed by atoms with Gasteiger partial charge in [-0.15, -0.1) is 0 Å². The maximum Gasteiger partial charge on any atom is 0.130 e. The van der Waals surface area contributed by atoms with Crippen molar-refractivity contribution in [1.29, 1.82) is 0 Å². The highest BCUT2D eigenvalue weighted by atomic mass is 35.5. The van der Waals surface area contributed by atoms with E-state index in [4.69, 9.17) is 17.3 Å². The summed E-state index contributed by atoms with van der Waals surface area (Å²) in [4.78, 5) is 0. The molecule has 0 aliphatic carbocycles. The highest BCUT2D eigenvalue weighted by molar-refractivity contribution is 6.30. The van der Waals surface area contributed by atoms with E-state index in [0.29, 0.717) is 6.54 Å². The average molecular weight is 202 g/mol. The van der Waals surface area contributed by atoms with Crippen LogP contribution in [0.3, 0.4) is 0 Å². The number of rotatable bonds is 5. The van der Waals surface area contributed by atoms with Gasteiger partial charge in [0.2, 0.25) is 0 Å². The molecule has 13 heavy (non-hydrogen) atoms. The normalized spacial score (nSPS) is 10.7. The van der Waals surface area contributed by atoms with Gasteiger partial charge in [-0.2, -0.15) is 5.10 Å². The van der Waals surface area contributed by atoms with Crippen molar-refractivity contribution in [2.24, 2.45) is 5.73 Å². The minimum absolute atomic E-state index is 0.704. The standard InChI is InChI=1S/C9H16ClN3/c1-2-6-13-9(10)8(7-12-13)4-3-5-11/h7H,2-6,11H2,1H3. The summed E-state index contributed by atoms with van der Waals surface area (Å²) in [6.45, 7) is 3.70. The maximum atomic E-state index is 6.10. The van der Waals surface area contributed by atoms with E-state index in [1.54, 1.807) is 0 Å². The quantitative estimate of drug-likeness (QED) is 0.790. The molecule has 0 aliphatic heterocycles. The summed E-state index contributed by atoms with van der Waals surface area (Å²) in [5, 5.41) is 4.98. The van der Waals surface area contributed by atoms with Crippen LogP contribution in [0.15, 0.2) is 6.20 Å². The van der Waals surface area contributed by atoms with Crippen molar-refractivity contribution in [1.82, 2.24) is 9.78 Å². The van der Waals surface area contributed by atoms with Gasteiger partial charge in [0, 0.05) is 12.1 Å². The summed E-state index contributed by atoms with van der Waals surface area (Å²) < 4.78 is 1.84. The van der Waals surface area contributed by atoms with E-state index in [9.17, 15) is 0 Å². The highest BCUT2D eigenvalue weighted by Gasteiger charge is 2.06. The van der Waals surface area contributed by atoms with E-state index in [0.717, 1.165) is 36.5 Å². The van der Waals surface area contributed by atoms with Crippen molar-refractivity contribution in [2.45, 2.75) is 32.7 Å². The highest BCUT2D eigenvalue weighted by Crippen LogP contribution is 2.16. The molecule has 2 N–H and O–H groups in total. The molecule has 0 aromatic carbocycles. The van der Waals surface area contributed by atoms with Crippen molar-refractivity contribution >= 4 is 11.6 Å². The van der Waals surface area contributed by atoms with Gasteiger partial charge < -0.3 is 5.73 Å². The zero-order valence-corrected chi connectivity index (χ0v) is 8.72. The first-order valence-corrected chi connectivity index (χ1v) is 5.07. The largest absolute Gasteiger partial charge is 0.330 e. The number of nitrogens with zero attached hydrogens (tertiary/aromatic N) is 2. The van der Waals surface area contributed by atoms with E-state index < -0.39 is 0 Å². The van der Waals surface area contributed by atoms with E-state index in [1.165, 1.54) is 0 Å². The number of aryl methyl sites for hydroxylation is 2. The molecule has 0 spiro atoms. The second-order valence-corrected chi connectivity index (χ2v) is 3.43. The SMILES string of the molecule is CCCn1ncc(CCCN)c1Cl. The summed E-state index contributed by atoms with van der Waals surface area (Å²) in [5.74, 6) is 0. The number of halogens is 1. The van der Waals surface area contributed by atoms with Gasteiger partial charge in [0.1, 0.15) is 5.15 Å². The van der Waals surface area contributed by atoms with Gasteiger partial charge in [0.05, 0.1) is 6.20 Å². The molecule has 1 heterocycles. The summed E-state index contributed by atoms with van der Waals surface area (Å²) in [7, 11) is 0. The lowest BCUT2D eigenvalue weighted by Gasteiger charge is -2.00. The van der Waals surface area contributed by atoms with Crippen LogP contribution in [0, 0.1) is 0 Å². The molecule has 0 bridgehead atoms. The lowest BCUT2D eigenvalue weighted by atomic mass is 10.2. The van der Waals surface area contributed by atoms with Crippen LogP contribution < -0.4 is 5.73 Å². The Bertz CT molecular complexity index is 257. The van der Waals surface area contributed by atoms with Crippen molar-refractivity contribution < 1.29 is 0 Å². The lowest BCUT2D eigenvalue weighted by molar-refractivity contribution is 0.603.